The van der Waals surface area contributed by atoms with E-state index >= 15 is 0 Å². The predicted octanol–water partition coefficient (Wildman–Crippen LogP) is 11.7. The molecule has 3 aliphatic rings. The SMILES string of the molecule is CC/C=C\C/C=C\C/C=C\C/C=C\CCCCCCCCCCCCCCCCCCCCCCCCC(=O)NC(COC1OC(CO)C(OC2OC(CO)C(OC3OC(CO)C(O)C(O)C3O)C(O)C2O)C(O)C1O)C(O)CCCCCCCCCCCCCCCCC. The number of amides is 1. The van der Waals surface area contributed by atoms with Crippen LogP contribution in [0.2, 0.25) is 0 Å². The van der Waals surface area contributed by atoms with Crippen LogP contribution in [0.25, 0.3) is 0 Å². The van der Waals surface area contributed by atoms with Gasteiger partial charge in [-0.3, -0.25) is 4.79 Å². The van der Waals surface area contributed by atoms with Crippen molar-refractivity contribution in [2.75, 3.05) is 26.4 Å². The van der Waals surface area contributed by atoms with Crippen molar-refractivity contribution in [2.24, 2.45) is 0 Å². The average Bonchev–Trinajstić information content (AvgIpc) is 0.799. The van der Waals surface area contributed by atoms with E-state index in [0.29, 0.717) is 12.8 Å². The number of aliphatic hydroxyl groups excluding tert-OH is 11. The molecule has 0 aromatic carbocycles. The third-order valence-corrected chi connectivity index (χ3v) is 19.2. The van der Waals surface area contributed by atoms with Crippen LogP contribution in [0.4, 0.5) is 0 Å². The van der Waals surface area contributed by atoms with E-state index in [9.17, 15) is 61.0 Å². The molecule has 3 heterocycles. The van der Waals surface area contributed by atoms with E-state index in [0.717, 1.165) is 70.6 Å². The molecule has 0 aliphatic carbocycles. The van der Waals surface area contributed by atoms with E-state index in [1.54, 1.807) is 0 Å². The van der Waals surface area contributed by atoms with Gasteiger partial charge in [0.2, 0.25) is 5.91 Å². The van der Waals surface area contributed by atoms with Crippen molar-refractivity contribution in [1.29, 1.82) is 0 Å². The van der Waals surface area contributed by atoms with Gasteiger partial charge in [-0.25, -0.2) is 0 Å². The second-order valence-corrected chi connectivity index (χ2v) is 27.4. The largest absolute Gasteiger partial charge is 0.394 e. The van der Waals surface area contributed by atoms with Crippen molar-refractivity contribution in [3.63, 3.8) is 0 Å². The monoisotopic (exact) mass is 1350 g/mol. The number of carbonyl (C=O) groups is 1. The number of nitrogens with one attached hydrogen (secondary N) is 1. The lowest BCUT2D eigenvalue weighted by Gasteiger charge is -2.48. The minimum absolute atomic E-state index is 0.238. The summed E-state index contributed by atoms with van der Waals surface area (Å²) in [4.78, 5) is 13.5. The highest BCUT2D eigenvalue weighted by atomic mass is 16.8. The summed E-state index contributed by atoms with van der Waals surface area (Å²) < 4.78 is 34.5. The van der Waals surface area contributed by atoms with Gasteiger partial charge in [0, 0.05) is 6.42 Å². The van der Waals surface area contributed by atoms with Gasteiger partial charge in [-0.05, 0) is 51.4 Å². The van der Waals surface area contributed by atoms with Crippen LogP contribution in [0.15, 0.2) is 48.6 Å². The highest BCUT2D eigenvalue weighted by molar-refractivity contribution is 5.76. The van der Waals surface area contributed by atoms with Gasteiger partial charge in [-0.15, -0.1) is 0 Å². The van der Waals surface area contributed by atoms with Crippen molar-refractivity contribution in [2.45, 2.75) is 401 Å². The van der Waals surface area contributed by atoms with Gasteiger partial charge in [-0.1, -0.05) is 287 Å². The number of allylic oxidation sites excluding steroid dienone is 8. The maximum atomic E-state index is 13.5. The molecule has 1 amide bonds. The fraction of sp³-hybridized carbons (Fsp3) is 0.882. The molecule has 0 aromatic rings. The fourth-order valence-electron chi connectivity index (χ4n) is 13.0. The Kier molecular flexibility index (Phi) is 52.5. The smallest absolute Gasteiger partial charge is 0.220 e. The van der Waals surface area contributed by atoms with Gasteiger partial charge in [-0.2, -0.15) is 0 Å². The van der Waals surface area contributed by atoms with Crippen molar-refractivity contribution in [1.82, 2.24) is 5.32 Å². The molecule has 3 fully saturated rings. The van der Waals surface area contributed by atoms with Gasteiger partial charge in [0.15, 0.2) is 18.9 Å². The fourth-order valence-corrected chi connectivity index (χ4v) is 13.0. The first-order valence-electron chi connectivity index (χ1n) is 38.4. The van der Waals surface area contributed by atoms with Crippen LogP contribution in [0.3, 0.4) is 0 Å². The Morgan fingerprint density at radius 3 is 1.14 bits per heavy atom. The zero-order valence-corrected chi connectivity index (χ0v) is 59.2. The van der Waals surface area contributed by atoms with E-state index in [1.165, 1.54) is 193 Å². The van der Waals surface area contributed by atoms with Crippen LogP contribution in [-0.4, -0.2) is 193 Å². The minimum atomic E-state index is -1.97. The third kappa shape index (κ3) is 38.4. The van der Waals surface area contributed by atoms with Gasteiger partial charge >= 0.3 is 0 Å². The molecule has 19 heteroatoms. The normalized spacial score (nSPS) is 27.4. The highest BCUT2D eigenvalue weighted by Crippen LogP contribution is 2.33. The van der Waals surface area contributed by atoms with Crippen LogP contribution >= 0.6 is 0 Å². The molecule has 0 radical (unpaired) electrons. The molecule has 0 aromatic heterocycles. The Morgan fingerprint density at radius 2 is 0.726 bits per heavy atom. The first kappa shape index (κ1) is 87.0. The number of carbonyl (C=O) groups excluding carboxylic acids is 1. The van der Waals surface area contributed by atoms with Gasteiger partial charge in [0.25, 0.3) is 0 Å². The van der Waals surface area contributed by atoms with Crippen LogP contribution < -0.4 is 5.32 Å². The number of ether oxygens (including phenoxy) is 6. The maximum absolute atomic E-state index is 13.5. The topological polar surface area (TPSA) is 307 Å². The standard InChI is InChI=1S/C76H139NO18/c1-3-5-7-9-11-13-15-17-19-20-21-22-23-24-25-26-27-28-29-30-31-32-33-34-35-36-37-38-40-42-44-46-48-50-52-54-64(82)77-59(60(81)53-51-49-47-45-43-41-39-18-16-14-12-10-8-6-4-2)58-90-74-70(88)67(85)72(62(56-79)92-74)95-76-71(89)68(86)73(63(57-80)93-76)94-75-69(87)66(84)65(83)61(55-78)91-75/h5,7,11,13,17,19,21-22,59-63,65-76,78-81,83-89H,3-4,6,8-10,12,14-16,18,20,23-58H2,1-2H3,(H,77,82)/b7-5-,13-11-,19-17-,22-21-. The molecule has 0 spiro atoms. The van der Waals surface area contributed by atoms with E-state index in [-0.39, 0.29) is 18.9 Å². The van der Waals surface area contributed by atoms with Crippen LogP contribution in [-0.2, 0) is 33.2 Å². The van der Waals surface area contributed by atoms with Crippen molar-refractivity contribution < 1.29 is 89.4 Å². The number of hydrogen-bond donors (Lipinski definition) is 12. The number of unbranched alkanes of at least 4 members (excludes halogenated alkanes) is 36. The van der Waals surface area contributed by atoms with Crippen LogP contribution in [0, 0.1) is 0 Å². The van der Waals surface area contributed by atoms with Crippen molar-refractivity contribution in [3.8, 4) is 0 Å². The minimum Gasteiger partial charge on any atom is -0.394 e. The average molecular weight is 1350 g/mol. The van der Waals surface area contributed by atoms with Gasteiger partial charge < -0.3 is 89.9 Å². The van der Waals surface area contributed by atoms with E-state index in [1.807, 2.05) is 0 Å². The first-order chi connectivity index (χ1) is 46.3. The molecular formula is C76H139NO18. The summed E-state index contributed by atoms with van der Waals surface area (Å²) in [5.41, 5.74) is 0. The Morgan fingerprint density at radius 1 is 0.389 bits per heavy atom. The van der Waals surface area contributed by atoms with Crippen LogP contribution in [0.5, 0.6) is 0 Å². The molecule has 17 unspecified atom stereocenters. The number of aliphatic hydroxyl groups is 11. The maximum Gasteiger partial charge on any atom is 0.220 e. The second kappa shape index (κ2) is 57.4. The Labute approximate surface area is 573 Å². The summed E-state index contributed by atoms with van der Waals surface area (Å²) in [5.74, 6) is -0.238. The summed E-state index contributed by atoms with van der Waals surface area (Å²) in [6.07, 6.45) is 43.5. The second-order valence-electron chi connectivity index (χ2n) is 27.4. The Balaban J connectivity index is 1.32. The highest BCUT2D eigenvalue weighted by Gasteiger charge is 2.53. The van der Waals surface area contributed by atoms with E-state index in [4.69, 9.17) is 28.4 Å². The predicted molar refractivity (Wildman–Crippen MR) is 374 cm³/mol. The van der Waals surface area contributed by atoms with E-state index in [2.05, 4.69) is 67.8 Å². The van der Waals surface area contributed by atoms with Crippen LogP contribution in [0.1, 0.15) is 296 Å². The lowest BCUT2D eigenvalue weighted by Crippen LogP contribution is -2.66. The summed E-state index contributed by atoms with van der Waals surface area (Å²) in [6, 6.07) is -0.886. The summed E-state index contributed by atoms with van der Waals surface area (Å²) in [6.45, 7) is 1.71. The number of hydrogen-bond acceptors (Lipinski definition) is 18. The molecule has 17 atom stereocenters. The van der Waals surface area contributed by atoms with Gasteiger partial charge in [0.1, 0.15) is 73.2 Å². The molecule has 19 nitrogen and oxygen atoms in total. The molecule has 3 aliphatic heterocycles. The summed E-state index contributed by atoms with van der Waals surface area (Å²) in [7, 11) is 0. The zero-order valence-electron chi connectivity index (χ0n) is 59.2. The molecule has 0 saturated carbocycles. The molecule has 3 rings (SSSR count). The van der Waals surface area contributed by atoms with Gasteiger partial charge in [0.05, 0.1) is 38.6 Å². The lowest BCUT2D eigenvalue weighted by atomic mass is 9.96. The van der Waals surface area contributed by atoms with Crippen molar-refractivity contribution in [3.05, 3.63) is 48.6 Å². The molecule has 0 bridgehead atoms. The Bertz CT molecular complexity index is 1910. The zero-order chi connectivity index (χ0) is 68.9. The molecule has 3 saturated heterocycles. The quantitative estimate of drug-likeness (QED) is 0.0199. The Hall–Kier alpha value is -2.25. The summed E-state index contributed by atoms with van der Waals surface area (Å²) in [5, 5.41) is 121. The van der Waals surface area contributed by atoms with E-state index < -0.39 is 124 Å². The molecule has 12 N–H and O–H groups in total. The van der Waals surface area contributed by atoms with Crippen molar-refractivity contribution >= 4 is 5.91 Å². The molecular weight excluding hydrogens is 1210 g/mol. The lowest BCUT2D eigenvalue weighted by molar-refractivity contribution is -0.379. The summed E-state index contributed by atoms with van der Waals surface area (Å²) >= 11 is 0. The first-order valence-corrected chi connectivity index (χ1v) is 38.4. The third-order valence-electron chi connectivity index (χ3n) is 19.2. The number of rotatable bonds is 60. The molecule has 556 valence electrons. The molecule has 95 heavy (non-hydrogen) atoms.